The number of para-hydroxylation sites is 3. The monoisotopic (exact) mass is 434 g/mol. The van der Waals surface area contributed by atoms with Gasteiger partial charge in [-0.15, -0.1) is 0 Å². The third-order valence-electron chi connectivity index (χ3n) is 6.60. The van der Waals surface area contributed by atoms with Crippen LogP contribution in [0.15, 0.2) is 114 Å². The van der Waals surface area contributed by atoms with Gasteiger partial charge in [0.1, 0.15) is 11.2 Å². The van der Waals surface area contributed by atoms with Crippen LogP contribution in [0.25, 0.3) is 60.6 Å². The molecule has 2 aromatic heterocycles. The lowest BCUT2D eigenvalue weighted by molar-refractivity contribution is 0.669. The summed E-state index contributed by atoms with van der Waals surface area (Å²) >= 11 is 0. The van der Waals surface area contributed by atoms with Crippen LogP contribution < -0.4 is 0 Å². The van der Waals surface area contributed by atoms with Crippen LogP contribution in [0.1, 0.15) is 5.56 Å². The minimum atomic E-state index is 0.631. The van der Waals surface area contributed by atoms with Crippen molar-refractivity contribution >= 4 is 43.7 Å². The highest BCUT2D eigenvalue weighted by atomic mass is 16.3. The number of nitrogens with zero attached hydrogens (tertiary/aromatic N) is 2. The van der Waals surface area contributed by atoms with Crippen molar-refractivity contribution in [2.24, 2.45) is 0 Å². The highest BCUT2D eigenvalue weighted by Gasteiger charge is 2.14. The van der Waals surface area contributed by atoms with Crippen molar-refractivity contribution in [3.8, 4) is 22.9 Å². The van der Waals surface area contributed by atoms with Gasteiger partial charge < -0.3 is 8.98 Å². The standard InChI is InChI=1S/C31H18N2O/c32-19-20-15-22(21-13-14-31-27(18-21)26-9-3-6-12-30(26)34-31)17-23(16-20)33-28-10-4-1-7-24(28)25-8-2-5-11-29(25)33/h1-18H. The molecule has 0 aliphatic heterocycles. The van der Waals surface area contributed by atoms with E-state index in [4.69, 9.17) is 4.42 Å². The molecule has 0 fully saturated rings. The molecule has 0 amide bonds. The number of hydrogen-bond acceptors (Lipinski definition) is 2. The van der Waals surface area contributed by atoms with Crippen molar-refractivity contribution in [1.82, 2.24) is 4.57 Å². The molecule has 7 rings (SSSR count). The van der Waals surface area contributed by atoms with Crippen LogP contribution in [0.4, 0.5) is 0 Å². The molecule has 34 heavy (non-hydrogen) atoms. The fourth-order valence-electron chi connectivity index (χ4n) is 5.08. The maximum Gasteiger partial charge on any atom is 0.135 e. The maximum absolute atomic E-state index is 9.86. The number of hydrogen-bond donors (Lipinski definition) is 0. The molecule has 0 radical (unpaired) electrons. The largest absolute Gasteiger partial charge is 0.456 e. The number of aromatic nitrogens is 1. The molecule has 0 N–H and O–H groups in total. The van der Waals surface area contributed by atoms with Crippen LogP contribution in [0, 0.1) is 11.3 Å². The number of fused-ring (bicyclic) bond motifs is 6. The quantitative estimate of drug-likeness (QED) is 0.275. The van der Waals surface area contributed by atoms with E-state index in [1.54, 1.807) is 0 Å². The molecule has 0 bridgehead atoms. The SMILES string of the molecule is N#Cc1cc(-c2ccc3oc4ccccc4c3c2)cc(-n2c3ccccc3c3ccccc32)c1. The van der Waals surface area contributed by atoms with E-state index in [0.29, 0.717) is 5.56 Å². The van der Waals surface area contributed by atoms with Gasteiger partial charge in [-0.3, -0.25) is 0 Å². The molecule has 0 saturated carbocycles. The second-order valence-electron chi connectivity index (χ2n) is 8.56. The van der Waals surface area contributed by atoms with Gasteiger partial charge in [-0.1, -0.05) is 60.7 Å². The Morgan fingerprint density at radius 3 is 1.94 bits per heavy atom. The van der Waals surface area contributed by atoms with Gasteiger partial charge in [0.05, 0.1) is 22.7 Å². The molecule has 0 saturated heterocycles. The number of benzene rings is 5. The second kappa shape index (κ2) is 7.10. The minimum absolute atomic E-state index is 0.631. The van der Waals surface area contributed by atoms with Gasteiger partial charge in [-0.05, 0) is 59.7 Å². The molecule has 7 aromatic rings. The van der Waals surface area contributed by atoms with Crippen molar-refractivity contribution in [3.05, 3.63) is 115 Å². The Bertz CT molecular complexity index is 1880. The number of furan rings is 1. The van der Waals surface area contributed by atoms with Gasteiger partial charge in [-0.25, -0.2) is 0 Å². The minimum Gasteiger partial charge on any atom is -0.456 e. The first-order chi connectivity index (χ1) is 16.8. The molecule has 158 valence electrons. The Morgan fingerprint density at radius 1 is 0.559 bits per heavy atom. The third kappa shape index (κ3) is 2.69. The van der Waals surface area contributed by atoms with Gasteiger partial charge in [0.15, 0.2) is 0 Å². The Morgan fingerprint density at radius 2 is 1.21 bits per heavy atom. The predicted octanol–water partition coefficient (Wildman–Crippen LogP) is 8.22. The molecule has 0 atom stereocenters. The van der Waals surface area contributed by atoms with E-state index in [2.05, 4.69) is 83.4 Å². The van der Waals surface area contributed by atoms with Crippen molar-refractivity contribution < 1.29 is 4.42 Å². The van der Waals surface area contributed by atoms with Crippen LogP contribution in [-0.2, 0) is 0 Å². The second-order valence-corrected chi connectivity index (χ2v) is 8.56. The van der Waals surface area contributed by atoms with Gasteiger partial charge in [0.25, 0.3) is 0 Å². The molecule has 0 aliphatic carbocycles. The van der Waals surface area contributed by atoms with Crippen LogP contribution in [0.3, 0.4) is 0 Å². The van der Waals surface area contributed by atoms with E-state index < -0.39 is 0 Å². The zero-order chi connectivity index (χ0) is 22.6. The first-order valence-electron chi connectivity index (χ1n) is 11.3. The predicted molar refractivity (Wildman–Crippen MR) is 138 cm³/mol. The van der Waals surface area contributed by atoms with Crippen LogP contribution in [-0.4, -0.2) is 4.57 Å². The fourth-order valence-corrected chi connectivity index (χ4v) is 5.08. The summed E-state index contributed by atoms with van der Waals surface area (Å²) in [5, 5.41) is 14.4. The molecule has 0 unspecified atom stereocenters. The van der Waals surface area contributed by atoms with E-state index >= 15 is 0 Å². The molecule has 0 spiro atoms. The van der Waals surface area contributed by atoms with Gasteiger partial charge in [0, 0.05) is 27.2 Å². The Kier molecular flexibility index (Phi) is 3.91. The fraction of sp³-hybridized carbons (Fsp3) is 0. The summed E-state index contributed by atoms with van der Waals surface area (Å²) in [6, 6.07) is 39.6. The summed E-state index contributed by atoms with van der Waals surface area (Å²) in [4.78, 5) is 0. The van der Waals surface area contributed by atoms with Gasteiger partial charge in [0.2, 0.25) is 0 Å². The number of rotatable bonds is 2. The topological polar surface area (TPSA) is 41.9 Å². The zero-order valence-corrected chi connectivity index (χ0v) is 18.2. The highest BCUT2D eigenvalue weighted by Crippen LogP contribution is 2.36. The van der Waals surface area contributed by atoms with E-state index in [1.165, 1.54) is 10.8 Å². The Balaban J connectivity index is 1.50. The highest BCUT2D eigenvalue weighted by molar-refractivity contribution is 6.09. The molecule has 0 aliphatic rings. The van der Waals surface area contributed by atoms with E-state index in [1.807, 2.05) is 36.4 Å². The van der Waals surface area contributed by atoms with E-state index in [0.717, 1.165) is 49.8 Å². The van der Waals surface area contributed by atoms with Crippen molar-refractivity contribution in [2.75, 3.05) is 0 Å². The smallest absolute Gasteiger partial charge is 0.135 e. The van der Waals surface area contributed by atoms with Crippen molar-refractivity contribution in [3.63, 3.8) is 0 Å². The lowest BCUT2D eigenvalue weighted by Gasteiger charge is -2.11. The molecule has 3 nitrogen and oxygen atoms in total. The molecular weight excluding hydrogens is 416 g/mol. The number of nitriles is 1. The average Bonchev–Trinajstić information content (AvgIpc) is 3.44. The van der Waals surface area contributed by atoms with Crippen molar-refractivity contribution in [1.29, 1.82) is 5.26 Å². The van der Waals surface area contributed by atoms with E-state index in [9.17, 15) is 5.26 Å². The summed E-state index contributed by atoms with van der Waals surface area (Å²) in [7, 11) is 0. The summed E-state index contributed by atoms with van der Waals surface area (Å²) in [6.45, 7) is 0. The molecule has 3 heteroatoms. The summed E-state index contributed by atoms with van der Waals surface area (Å²) in [6.07, 6.45) is 0. The van der Waals surface area contributed by atoms with Gasteiger partial charge in [-0.2, -0.15) is 5.26 Å². The van der Waals surface area contributed by atoms with Crippen LogP contribution >= 0.6 is 0 Å². The first-order valence-corrected chi connectivity index (χ1v) is 11.3. The lowest BCUT2D eigenvalue weighted by atomic mass is 10.00. The van der Waals surface area contributed by atoms with Crippen LogP contribution in [0.5, 0.6) is 0 Å². The van der Waals surface area contributed by atoms with Crippen LogP contribution in [0.2, 0.25) is 0 Å². The average molecular weight is 434 g/mol. The molecule has 2 heterocycles. The molecular formula is C31H18N2O. The summed E-state index contributed by atoms with van der Waals surface area (Å²) < 4.78 is 8.26. The third-order valence-corrected chi connectivity index (χ3v) is 6.60. The maximum atomic E-state index is 9.86. The Hall–Kier alpha value is -4.81. The summed E-state index contributed by atoms with van der Waals surface area (Å²) in [5.74, 6) is 0. The zero-order valence-electron chi connectivity index (χ0n) is 18.2. The van der Waals surface area contributed by atoms with E-state index in [-0.39, 0.29) is 0 Å². The lowest BCUT2D eigenvalue weighted by Crippen LogP contribution is -1.95. The van der Waals surface area contributed by atoms with Crippen molar-refractivity contribution in [2.45, 2.75) is 0 Å². The summed E-state index contributed by atoms with van der Waals surface area (Å²) in [5.41, 5.74) is 7.66. The van der Waals surface area contributed by atoms with Gasteiger partial charge >= 0.3 is 0 Å². The molecule has 5 aromatic carbocycles. The first kappa shape index (κ1) is 18.7. The normalized spacial score (nSPS) is 11.5. The Labute approximate surface area is 195 Å².